The van der Waals surface area contributed by atoms with Crippen molar-refractivity contribution in [1.82, 2.24) is 5.32 Å². The summed E-state index contributed by atoms with van der Waals surface area (Å²) in [5.41, 5.74) is 1.54. The molecule has 0 bridgehead atoms. The van der Waals surface area contributed by atoms with Gasteiger partial charge in [0.25, 0.3) is 0 Å². The molecule has 3 nitrogen and oxygen atoms in total. The maximum Gasteiger partial charge on any atom is 0.118 e. The Hall–Kier alpha value is -0.710. The van der Waals surface area contributed by atoms with E-state index in [4.69, 9.17) is 9.47 Å². The second kappa shape index (κ2) is 7.03. The molecule has 0 aliphatic carbocycles. The molecule has 21 heavy (non-hydrogen) atoms. The number of hydrogen-bond acceptors (Lipinski definition) is 4. The van der Waals surface area contributed by atoms with Crippen molar-refractivity contribution in [3.63, 3.8) is 0 Å². The third kappa shape index (κ3) is 3.93. The van der Waals surface area contributed by atoms with Crippen molar-refractivity contribution in [2.75, 3.05) is 31.8 Å². The molecule has 0 radical (unpaired) electrons. The Morgan fingerprint density at radius 2 is 2.24 bits per heavy atom. The van der Waals surface area contributed by atoms with Crippen molar-refractivity contribution in [2.24, 2.45) is 0 Å². The summed E-state index contributed by atoms with van der Waals surface area (Å²) < 4.78 is 11.3. The molecule has 2 heterocycles. The van der Waals surface area contributed by atoms with Crippen LogP contribution in [0.1, 0.15) is 24.8 Å². The Balaban J connectivity index is 1.44. The Bertz CT molecular complexity index is 443. The average molecular weight is 307 g/mol. The molecule has 2 atom stereocenters. The van der Waals surface area contributed by atoms with Crippen molar-refractivity contribution in [3.05, 3.63) is 29.8 Å². The Labute approximate surface area is 131 Å². The van der Waals surface area contributed by atoms with Crippen LogP contribution in [0.3, 0.4) is 0 Å². The van der Waals surface area contributed by atoms with Crippen LogP contribution in [0.4, 0.5) is 0 Å². The lowest BCUT2D eigenvalue weighted by Crippen LogP contribution is -2.47. The zero-order valence-corrected chi connectivity index (χ0v) is 13.6. The lowest BCUT2D eigenvalue weighted by molar-refractivity contribution is -0.0699. The van der Waals surface area contributed by atoms with Crippen molar-refractivity contribution in [2.45, 2.75) is 37.3 Å². The van der Waals surface area contributed by atoms with E-state index in [1.807, 2.05) is 23.9 Å². The van der Waals surface area contributed by atoms with E-state index in [1.54, 1.807) is 7.11 Å². The Morgan fingerprint density at radius 3 is 2.95 bits per heavy atom. The van der Waals surface area contributed by atoms with Crippen molar-refractivity contribution in [3.8, 4) is 5.75 Å². The number of rotatable bonds is 5. The Kier molecular flexibility index (Phi) is 5.09. The summed E-state index contributed by atoms with van der Waals surface area (Å²) in [6.07, 6.45) is 4.63. The molecule has 2 aliphatic heterocycles. The van der Waals surface area contributed by atoms with Gasteiger partial charge in [-0.2, -0.15) is 11.8 Å². The second-order valence-corrected chi connectivity index (χ2v) is 7.18. The Morgan fingerprint density at radius 1 is 1.38 bits per heavy atom. The third-order valence-corrected chi connectivity index (χ3v) is 5.79. The van der Waals surface area contributed by atoms with E-state index < -0.39 is 0 Å². The van der Waals surface area contributed by atoms with Crippen LogP contribution in [0.2, 0.25) is 0 Å². The molecule has 0 saturated carbocycles. The summed E-state index contributed by atoms with van der Waals surface area (Å²) in [4.78, 5) is 0. The minimum atomic E-state index is 0.181. The predicted octanol–water partition coefficient (Wildman–Crippen LogP) is 2.88. The normalized spacial score (nSPS) is 28.9. The fourth-order valence-electron chi connectivity index (χ4n) is 3.28. The monoisotopic (exact) mass is 307 g/mol. The molecule has 2 saturated heterocycles. The molecule has 1 N–H and O–H groups in total. The van der Waals surface area contributed by atoms with Gasteiger partial charge in [0.2, 0.25) is 0 Å². The van der Waals surface area contributed by atoms with Gasteiger partial charge in [0.05, 0.1) is 12.7 Å². The fourth-order valence-corrected chi connectivity index (χ4v) is 4.66. The molecule has 0 aromatic heterocycles. The first-order chi connectivity index (χ1) is 10.3. The summed E-state index contributed by atoms with van der Waals surface area (Å²) in [6, 6.07) is 9.00. The van der Waals surface area contributed by atoms with Gasteiger partial charge in [-0.05, 0) is 55.7 Å². The standard InChI is InChI=1S/C17H25NO2S/c1-19-16-4-2-14(3-5-16)6-9-18-15-7-10-20-17(12-15)8-11-21-13-17/h2-5,15,18H,6-13H2,1H3. The highest BCUT2D eigenvalue weighted by atomic mass is 32.2. The quantitative estimate of drug-likeness (QED) is 0.906. The maximum absolute atomic E-state index is 6.07. The van der Waals surface area contributed by atoms with E-state index in [0.29, 0.717) is 6.04 Å². The zero-order chi connectivity index (χ0) is 14.5. The van der Waals surface area contributed by atoms with Crippen LogP contribution in [0.5, 0.6) is 5.75 Å². The summed E-state index contributed by atoms with van der Waals surface area (Å²) in [5.74, 6) is 3.37. The topological polar surface area (TPSA) is 30.5 Å². The lowest BCUT2D eigenvalue weighted by Gasteiger charge is -2.38. The van der Waals surface area contributed by atoms with Gasteiger partial charge in [-0.3, -0.25) is 0 Å². The summed E-state index contributed by atoms with van der Waals surface area (Å²) in [5, 5.41) is 3.73. The number of ether oxygens (including phenoxy) is 2. The van der Waals surface area contributed by atoms with E-state index in [0.717, 1.165) is 31.7 Å². The largest absolute Gasteiger partial charge is 0.497 e. The molecule has 1 spiro atoms. The first-order valence-electron chi connectivity index (χ1n) is 7.88. The van der Waals surface area contributed by atoms with Crippen LogP contribution in [-0.2, 0) is 11.2 Å². The first-order valence-corrected chi connectivity index (χ1v) is 9.03. The van der Waals surface area contributed by atoms with Crippen LogP contribution >= 0.6 is 11.8 Å². The van der Waals surface area contributed by atoms with Gasteiger partial charge < -0.3 is 14.8 Å². The van der Waals surface area contributed by atoms with Gasteiger partial charge in [-0.25, -0.2) is 0 Å². The second-order valence-electron chi connectivity index (χ2n) is 6.08. The molecule has 1 aromatic rings. The zero-order valence-electron chi connectivity index (χ0n) is 12.8. The van der Waals surface area contributed by atoms with Crippen LogP contribution in [0.15, 0.2) is 24.3 Å². The molecule has 3 rings (SSSR count). The van der Waals surface area contributed by atoms with Crippen molar-refractivity contribution < 1.29 is 9.47 Å². The maximum atomic E-state index is 6.07. The van der Waals surface area contributed by atoms with E-state index in [1.165, 1.54) is 29.9 Å². The molecule has 1 aromatic carbocycles. The third-order valence-electron chi connectivity index (χ3n) is 4.57. The molecular weight excluding hydrogens is 282 g/mol. The van der Waals surface area contributed by atoms with Gasteiger partial charge in [-0.1, -0.05) is 12.1 Å². The van der Waals surface area contributed by atoms with E-state index in [2.05, 4.69) is 17.4 Å². The minimum absolute atomic E-state index is 0.181. The summed E-state index contributed by atoms with van der Waals surface area (Å²) >= 11 is 2.04. The highest BCUT2D eigenvalue weighted by Gasteiger charge is 2.40. The smallest absolute Gasteiger partial charge is 0.118 e. The first kappa shape index (κ1) is 15.2. The van der Waals surface area contributed by atoms with E-state index in [9.17, 15) is 0 Å². The van der Waals surface area contributed by atoms with Crippen molar-refractivity contribution in [1.29, 1.82) is 0 Å². The highest BCUT2D eigenvalue weighted by Crippen LogP contribution is 2.38. The van der Waals surface area contributed by atoms with Crippen LogP contribution in [0.25, 0.3) is 0 Å². The predicted molar refractivity (Wildman–Crippen MR) is 88.3 cm³/mol. The van der Waals surface area contributed by atoms with Crippen LogP contribution in [-0.4, -0.2) is 43.4 Å². The molecule has 0 amide bonds. The number of benzene rings is 1. The van der Waals surface area contributed by atoms with Crippen LogP contribution < -0.4 is 10.1 Å². The lowest BCUT2D eigenvalue weighted by atomic mass is 9.90. The molecule has 2 aliphatic rings. The van der Waals surface area contributed by atoms with E-state index in [-0.39, 0.29) is 5.60 Å². The average Bonchev–Trinajstić information content (AvgIpc) is 2.96. The molecule has 2 unspecified atom stereocenters. The number of methoxy groups -OCH3 is 1. The van der Waals surface area contributed by atoms with Gasteiger partial charge in [-0.15, -0.1) is 0 Å². The van der Waals surface area contributed by atoms with E-state index >= 15 is 0 Å². The molecule has 4 heteroatoms. The molecule has 116 valence electrons. The highest BCUT2D eigenvalue weighted by molar-refractivity contribution is 7.99. The minimum Gasteiger partial charge on any atom is -0.497 e. The summed E-state index contributed by atoms with van der Waals surface area (Å²) in [6.45, 7) is 1.96. The van der Waals surface area contributed by atoms with Crippen molar-refractivity contribution >= 4 is 11.8 Å². The number of nitrogens with one attached hydrogen (secondary N) is 1. The number of thioether (sulfide) groups is 1. The SMILES string of the molecule is COc1ccc(CCNC2CCOC3(CCSC3)C2)cc1. The fraction of sp³-hybridized carbons (Fsp3) is 0.647. The van der Waals surface area contributed by atoms with Gasteiger partial charge in [0.1, 0.15) is 5.75 Å². The molecule has 2 fully saturated rings. The number of hydrogen-bond donors (Lipinski definition) is 1. The van der Waals surface area contributed by atoms with Gasteiger partial charge in [0, 0.05) is 18.4 Å². The van der Waals surface area contributed by atoms with Gasteiger partial charge in [0.15, 0.2) is 0 Å². The van der Waals surface area contributed by atoms with Gasteiger partial charge >= 0.3 is 0 Å². The summed E-state index contributed by atoms with van der Waals surface area (Å²) in [7, 11) is 1.71. The van der Waals surface area contributed by atoms with Crippen LogP contribution in [0, 0.1) is 0 Å². The molecular formula is C17H25NO2S.